The van der Waals surface area contributed by atoms with Gasteiger partial charge in [-0.2, -0.15) is 0 Å². The van der Waals surface area contributed by atoms with Crippen molar-refractivity contribution in [3.8, 4) is 0 Å². The third kappa shape index (κ3) is 8.15. The van der Waals surface area contributed by atoms with Gasteiger partial charge in [-0.3, -0.25) is 9.69 Å². The monoisotopic (exact) mass is 520 g/mol. The fourth-order valence-corrected chi connectivity index (χ4v) is 5.10. The molecule has 1 fully saturated rings. The summed E-state index contributed by atoms with van der Waals surface area (Å²) in [6.07, 6.45) is 0. The summed E-state index contributed by atoms with van der Waals surface area (Å²) in [5, 5.41) is 5.06. The van der Waals surface area contributed by atoms with Crippen LogP contribution in [0.1, 0.15) is 21.6 Å². The highest BCUT2D eigenvalue weighted by Gasteiger charge is 2.24. The molecular formula is C29H36N4O3S. The first kappa shape index (κ1) is 26.9. The number of benzene rings is 2. The number of urea groups is 1. The van der Waals surface area contributed by atoms with Crippen LogP contribution in [0.25, 0.3) is 0 Å². The quantitative estimate of drug-likeness (QED) is 0.419. The van der Waals surface area contributed by atoms with E-state index >= 15 is 0 Å². The smallest absolute Gasteiger partial charge is 0.322 e. The lowest BCUT2D eigenvalue weighted by molar-refractivity contribution is -0.133. The van der Waals surface area contributed by atoms with Crippen molar-refractivity contribution in [2.75, 3.05) is 51.3 Å². The summed E-state index contributed by atoms with van der Waals surface area (Å²) >= 11 is 1.63. The number of anilines is 1. The molecule has 0 atom stereocenters. The van der Waals surface area contributed by atoms with Crippen LogP contribution in [-0.4, -0.2) is 72.6 Å². The Labute approximate surface area is 223 Å². The maximum Gasteiger partial charge on any atom is 0.322 e. The average Bonchev–Trinajstić information content (AvgIpc) is 3.42. The van der Waals surface area contributed by atoms with Crippen molar-refractivity contribution < 1.29 is 14.3 Å². The number of hydrogen-bond donors (Lipinski definition) is 1. The third-order valence-corrected chi connectivity index (χ3v) is 7.38. The zero-order valence-corrected chi connectivity index (χ0v) is 22.5. The van der Waals surface area contributed by atoms with Gasteiger partial charge in [-0.15, -0.1) is 11.3 Å². The molecule has 3 amide bonds. The number of nitrogens with one attached hydrogen (secondary N) is 1. The van der Waals surface area contributed by atoms with Crippen LogP contribution in [0.3, 0.4) is 0 Å². The molecule has 1 aliphatic heterocycles. The van der Waals surface area contributed by atoms with Crippen LogP contribution in [0.15, 0.2) is 66.0 Å². The van der Waals surface area contributed by atoms with E-state index in [0.29, 0.717) is 39.4 Å². The van der Waals surface area contributed by atoms with Gasteiger partial charge in [0, 0.05) is 43.3 Å². The molecule has 1 N–H and O–H groups in total. The van der Waals surface area contributed by atoms with Crippen molar-refractivity contribution >= 4 is 29.0 Å². The van der Waals surface area contributed by atoms with Crippen LogP contribution in [0.5, 0.6) is 0 Å². The standard InChI is InChI=1S/C29H36N4O3S/c1-23-10-11-27(24(2)19-23)30-29(35)32(13-12-31-14-16-36-17-15-31)22-28(34)33(21-26-9-6-18-37-26)20-25-7-4-3-5-8-25/h3-11,18-19H,12-17,20-22H2,1-2H3,(H,30,35). The predicted octanol–water partition coefficient (Wildman–Crippen LogP) is 4.76. The summed E-state index contributed by atoms with van der Waals surface area (Å²) in [7, 11) is 0. The largest absolute Gasteiger partial charge is 0.379 e. The molecule has 8 heteroatoms. The molecule has 0 bridgehead atoms. The highest BCUT2D eigenvalue weighted by Crippen LogP contribution is 2.18. The number of ether oxygens (including phenoxy) is 1. The molecular weight excluding hydrogens is 484 g/mol. The maximum absolute atomic E-state index is 13.7. The minimum atomic E-state index is -0.260. The van der Waals surface area contributed by atoms with Gasteiger partial charge in [0.15, 0.2) is 0 Å². The molecule has 4 rings (SSSR count). The number of thiophene rings is 1. The summed E-state index contributed by atoms with van der Waals surface area (Å²) in [6, 6.07) is 19.7. The maximum atomic E-state index is 13.7. The molecule has 37 heavy (non-hydrogen) atoms. The van der Waals surface area contributed by atoms with Gasteiger partial charge < -0.3 is 19.9 Å². The fourth-order valence-electron chi connectivity index (χ4n) is 4.38. The van der Waals surface area contributed by atoms with Crippen LogP contribution in [0.4, 0.5) is 10.5 Å². The number of carbonyl (C=O) groups is 2. The normalized spacial score (nSPS) is 13.8. The molecule has 2 aromatic carbocycles. The molecule has 2 heterocycles. The average molecular weight is 521 g/mol. The van der Waals surface area contributed by atoms with Crippen molar-refractivity contribution in [2.24, 2.45) is 0 Å². The topological polar surface area (TPSA) is 65.1 Å². The second kappa shape index (κ2) is 13.4. The number of carbonyl (C=O) groups excluding carboxylic acids is 2. The first-order valence-corrected chi connectivity index (χ1v) is 13.6. The molecule has 0 spiro atoms. The van der Waals surface area contributed by atoms with Gasteiger partial charge in [-0.25, -0.2) is 4.79 Å². The Kier molecular flexibility index (Phi) is 9.71. The van der Waals surface area contributed by atoms with E-state index < -0.39 is 0 Å². The number of aryl methyl sites for hydroxylation is 2. The molecule has 1 aliphatic rings. The molecule has 1 saturated heterocycles. The van der Waals surface area contributed by atoms with Gasteiger partial charge in [0.2, 0.25) is 5.91 Å². The van der Waals surface area contributed by atoms with Crippen LogP contribution in [0, 0.1) is 13.8 Å². The lowest BCUT2D eigenvalue weighted by Crippen LogP contribution is -2.48. The predicted molar refractivity (Wildman–Crippen MR) is 149 cm³/mol. The van der Waals surface area contributed by atoms with Crippen molar-refractivity contribution in [3.63, 3.8) is 0 Å². The molecule has 0 unspecified atom stereocenters. The number of rotatable bonds is 10. The SMILES string of the molecule is Cc1ccc(NC(=O)N(CCN2CCOCC2)CC(=O)N(Cc2ccccc2)Cc2cccs2)c(C)c1. The first-order chi connectivity index (χ1) is 18.0. The summed E-state index contributed by atoms with van der Waals surface area (Å²) < 4.78 is 5.46. The van der Waals surface area contributed by atoms with Crippen molar-refractivity contribution in [1.29, 1.82) is 0 Å². The lowest BCUT2D eigenvalue weighted by Gasteiger charge is -2.31. The summed E-state index contributed by atoms with van der Waals surface area (Å²) in [6.45, 7) is 9.24. The molecule has 7 nitrogen and oxygen atoms in total. The van der Waals surface area contributed by atoms with E-state index in [2.05, 4.69) is 10.2 Å². The highest BCUT2D eigenvalue weighted by molar-refractivity contribution is 7.09. The minimum Gasteiger partial charge on any atom is -0.379 e. The Bertz CT molecular complexity index is 1150. The second-order valence-electron chi connectivity index (χ2n) is 9.44. The van der Waals surface area contributed by atoms with Gasteiger partial charge in [-0.1, -0.05) is 54.1 Å². The van der Waals surface area contributed by atoms with Gasteiger partial charge >= 0.3 is 6.03 Å². The number of amides is 3. The summed E-state index contributed by atoms with van der Waals surface area (Å²) in [5.74, 6) is -0.0741. The van der Waals surface area contributed by atoms with E-state index in [4.69, 9.17) is 4.74 Å². The number of nitrogens with zero attached hydrogens (tertiary/aromatic N) is 3. The van der Waals surface area contributed by atoms with Gasteiger partial charge in [0.05, 0.1) is 19.8 Å². The first-order valence-electron chi connectivity index (χ1n) is 12.8. The Morgan fingerprint density at radius 2 is 1.76 bits per heavy atom. The van der Waals surface area contributed by atoms with Crippen molar-refractivity contribution in [2.45, 2.75) is 26.9 Å². The van der Waals surface area contributed by atoms with E-state index in [9.17, 15) is 9.59 Å². The van der Waals surface area contributed by atoms with E-state index in [-0.39, 0.29) is 18.5 Å². The van der Waals surface area contributed by atoms with Gasteiger partial charge in [0.25, 0.3) is 0 Å². The van der Waals surface area contributed by atoms with Crippen molar-refractivity contribution in [1.82, 2.24) is 14.7 Å². The fraction of sp³-hybridized carbons (Fsp3) is 0.379. The van der Waals surface area contributed by atoms with E-state index in [1.165, 1.54) is 0 Å². The van der Waals surface area contributed by atoms with Crippen molar-refractivity contribution in [3.05, 3.63) is 87.6 Å². The Balaban J connectivity index is 1.49. The zero-order chi connectivity index (χ0) is 26.0. The number of morpholine rings is 1. The van der Waals surface area contributed by atoms with Crippen LogP contribution < -0.4 is 5.32 Å². The lowest BCUT2D eigenvalue weighted by atomic mass is 10.1. The third-order valence-electron chi connectivity index (χ3n) is 6.52. The van der Waals surface area contributed by atoms with Gasteiger partial charge in [-0.05, 0) is 42.5 Å². The Morgan fingerprint density at radius 3 is 2.46 bits per heavy atom. The minimum absolute atomic E-state index is 0.0132. The van der Waals surface area contributed by atoms with E-state index in [1.54, 1.807) is 16.2 Å². The summed E-state index contributed by atoms with van der Waals surface area (Å²) in [5.41, 5.74) is 3.96. The molecule has 196 valence electrons. The Morgan fingerprint density at radius 1 is 0.973 bits per heavy atom. The highest BCUT2D eigenvalue weighted by atomic mass is 32.1. The van der Waals surface area contributed by atoms with Gasteiger partial charge in [0.1, 0.15) is 6.54 Å². The molecule has 0 radical (unpaired) electrons. The molecule has 1 aromatic heterocycles. The summed E-state index contributed by atoms with van der Waals surface area (Å²) in [4.78, 5) is 34.0. The van der Waals surface area contributed by atoms with Crippen LogP contribution in [0.2, 0.25) is 0 Å². The molecule has 0 aliphatic carbocycles. The van der Waals surface area contributed by atoms with Crippen LogP contribution >= 0.6 is 11.3 Å². The second-order valence-corrected chi connectivity index (χ2v) is 10.5. The molecule has 3 aromatic rings. The molecule has 0 saturated carbocycles. The zero-order valence-electron chi connectivity index (χ0n) is 21.7. The van der Waals surface area contributed by atoms with Crippen LogP contribution in [-0.2, 0) is 22.6 Å². The Hall–Kier alpha value is -3.20. The number of hydrogen-bond acceptors (Lipinski definition) is 5. The van der Waals surface area contributed by atoms with E-state index in [1.807, 2.05) is 84.8 Å². The van der Waals surface area contributed by atoms with E-state index in [0.717, 1.165) is 40.3 Å².